The van der Waals surface area contributed by atoms with Gasteiger partial charge in [-0.15, -0.1) is 0 Å². The number of morpholine rings is 1. The number of nitrogens with zero attached hydrogens (tertiary/aromatic N) is 6. The zero-order chi connectivity index (χ0) is 20.4. The molecule has 1 aromatic rings. The molecule has 0 amide bonds. The van der Waals surface area contributed by atoms with Crippen molar-refractivity contribution in [3.05, 3.63) is 46.1 Å². The van der Waals surface area contributed by atoms with Crippen molar-refractivity contribution in [2.45, 2.75) is 5.92 Å². The van der Waals surface area contributed by atoms with E-state index in [1.54, 1.807) is 29.2 Å². The van der Waals surface area contributed by atoms with E-state index in [9.17, 15) is 26.3 Å². The van der Waals surface area contributed by atoms with Crippen LogP contribution in [0, 0.1) is 67.5 Å². The standard InChI is InChI=1S/C20H13ClN6O/c21-16-4-2-1-3-15(16)17-19(11-24,12-25)20(17,13-26)18(14(9-22)10-23)27-5-7-28-8-6-27/h1-4,17H,5-8H2/t17-,20+/m1/s1. The van der Waals surface area contributed by atoms with Crippen LogP contribution in [0.3, 0.4) is 0 Å². The molecular formula is C20H13ClN6O. The predicted molar refractivity (Wildman–Crippen MR) is 96.5 cm³/mol. The van der Waals surface area contributed by atoms with Gasteiger partial charge in [0.15, 0.2) is 11.0 Å². The second-order valence-electron chi connectivity index (χ2n) is 6.45. The Morgan fingerprint density at radius 2 is 1.61 bits per heavy atom. The quantitative estimate of drug-likeness (QED) is 0.727. The summed E-state index contributed by atoms with van der Waals surface area (Å²) in [6.07, 6.45) is 0. The van der Waals surface area contributed by atoms with Gasteiger partial charge in [0.25, 0.3) is 0 Å². The molecule has 136 valence electrons. The van der Waals surface area contributed by atoms with Crippen LogP contribution in [0.1, 0.15) is 11.5 Å². The van der Waals surface area contributed by atoms with E-state index < -0.39 is 16.7 Å². The van der Waals surface area contributed by atoms with E-state index in [0.717, 1.165) is 0 Å². The molecule has 8 heteroatoms. The summed E-state index contributed by atoms with van der Waals surface area (Å²) in [5, 5.41) is 49.5. The lowest BCUT2D eigenvalue weighted by Gasteiger charge is -2.34. The summed E-state index contributed by atoms with van der Waals surface area (Å²) in [5.74, 6) is -0.886. The normalized spacial score (nSPS) is 24.4. The Balaban J connectivity index is 2.32. The number of allylic oxidation sites excluding steroid dienone is 2. The van der Waals surface area contributed by atoms with E-state index in [-0.39, 0.29) is 11.3 Å². The first-order valence-electron chi connectivity index (χ1n) is 8.43. The maximum absolute atomic E-state index is 10.2. The third-order valence-corrected chi connectivity index (χ3v) is 5.66. The molecule has 2 aliphatic rings. The Morgan fingerprint density at radius 3 is 2.11 bits per heavy atom. The Kier molecular flexibility index (Phi) is 4.96. The molecule has 1 aliphatic heterocycles. The van der Waals surface area contributed by atoms with Crippen LogP contribution in [-0.2, 0) is 4.74 Å². The Morgan fingerprint density at radius 1 is 1.00 bits per heavy atom. The smallest absolute Gasteiger partial charge is 0.177 e. The van der Waals surface area contributed by atoms with Crippen LogP contribution in [0.25, 0.3) is 0 Å². The molecule has 2 atom stereocenters. The number of hydrogen-bond acceptors (Lipinski definition) is 7. The van der Waals surface area contributed by atoms with Gasteiger partial charge in [0.05, 0.1) is 37.1 Å². The summed E-state index contributed by atoms with van der Waals surface area (Å²) in [4.78, 5) is 1.70. The highest BCUT2D eigenvalue weighted by Crippen LogP contribution is 2.78. The third-order valence-electron chi connectivity index (χ3n) is 5.31. The molecule has 0 spiro atoms. The van der Waals surface area contributed by atoms with Gasteiger partial charge >= 0.3 is 0 Å². The molecule has 0 bridgehead atoms. The van der Waals surface area contributed by atoms with Crippen molar-refractivity contribution in [2.24, 2.45) is 10.8 Å². The molecule has 1 saturated carbocycles. The summed E-state index contributed by atoms with van der Waals surface area (Å²) in [6.45, 7) is 1.37. The lowest BCUT2D eigenvalue weighted by Crippen LogP contribution is -2.40. The zero-order valence-corrected chi connectivity index (χ0v) is 15.4. The molecule has 28 heavy (non-hydrogen) atoms. The van der Waals surface area contributed by atoms with Gasteiger partial charge in [0.2, 0.25) is 0 Å². The summed E-state index contributed by atoms with van der Waals surface area (Å²) in [5.41, 5.74) is -3.15. The number of halogens is 1. The first-order chi connectivity index (χ1) is 13.6. The van der Waals surface area contributed by atoms with Gasteiger partial charge in [0.1, 0.15) is 17.6 Å². The number of benzene rings is 1. The van der Waals surface area contributed by atoms with Crippen molar-refractivity contribution < 1.29 is 4.74 Å². The maximum Gasteiger partial charge on any atom is 0.177 e. The van der Waals surface area contributed by atoms with Crippen LogP contribution in [0.5, 0.6) is 0 Å². The fraction of sp³-hybridized carbons (Fsp3) is 0.350. The van der Waals surface area contributed by atoms with Crippen LogP contribution in [-0.4, -0.2) is 31.2 Å². The van der Waals surface area contributed by atoms with Crippen molar-refractivity contribution in [3.8, 4) is 30.3 Å². The molecule has 0 aromatic heterocycles. The summed E-state index contributed by atoms with van der Waals surface area (Å²) in [6, 6.07) is 16.5. The van der Waals surface area contributed by atoms with E-state index in [1.165, 1.54) is 0 Å². The van der Waals surface area contributed by atoms with E-state index in [2.05, 4.69) is 6.07 Å². The van der Waals surface area contributed by atoms with Gasteiger partial charge in [-0.3, -0.25) is 0 Å². The molecular weight excluding hydrogens is 376 g/mol. The second-order valence-corrected chi connectivity index (χ2v) is 6.86. The largest absolute Gasteiger partial charge is 0.378 e. The summed E-state index contributed by atoms with van der Waals surface area (Å²) < 4.78 is 5.33. The molecule has 1 aromatic carbocycles. The molecule has 0 radical (unpaired) electrons. The highest BCUT2D eigenvalue weighted by molar-refractivity contribution is 6.31. The Labute approximate surface area is 167 Å². The molecule has 7 nitrogen and oxygen atoms in total. The lowest BCUT2D eigenvalue weighted by atomic mass is 9.88. The van der Waals surface area contributed by atoms with Crippen LogP contribution in [0.2, 0.25) is 5.02 Å². The lowest BCUT2D eigenvalue weighted by molar-refractivity contribution is 0.0482. The van der Waals surface area contributed by atoms with Crippen LogP contribution in [0.15, 0.2) is 35.5 Å². The minimum atomic E-state index is -1.76. The molecule has 1 heterocycles. The van der Waals surface area contributed by atoms with Crippen molar-refractivity contribution in [3.63, 3.8) is 0 Å². The van der Waals surface area contributed by atoms with Crippen molar-refractivity contribution in [2.75, 3.05) is 26.3 Å². The van der Waals surface area contributed by atoms with Crippen LogP contribution < -0.4 is 0 Å². The monoisotopic (exact) mass is 388 g/mol. The van der Waals surface area contributed by atoms with Crippen LogP contribution in [0.4, 0.5) is 0 Å². The van der Waals surface area contributed by atoms with Crippen molar-refractivity contribution in [1.29, 1.82) is 26.3 Å². The summed E-state index contributed by atoms with van der Waals surface area (Å²) in [7, 11) is 0. The number of hydrogen-bond donors (Lipinski definition) is 0. The van der Waals surface area contributed by atoms with Gasteiger partial charge in [-0.05, 0) is 11.6 Å². The van der Waals surface area contributed by atoms with Gasteiger partial charge in [-0.2, -0.15) is 26.3 Å². The minimum absolute atomic E-state index is 0.108. The molecule has 2 fully saturated rings. The Bertz CT molecular complexity index is 1020. The second kappa shape index (κ2) is 7.23. The van der Waals surface area contributed by atoms with Gasteiger partial charge in [-0.25, -0.2) is 0 Å². The van der Waals surface area contributed by atoms with Crippen molar-refractivity contribution in [1.82, 2.24) is 4.90 Å². The first-order valence-corrected chi connectivity index (χ1v) is 8.81. The Hall–Kier alpha value is -3.54. The fourth-order valence-electron chi connectivity index (χ4n) is 4.03. The average Bonchev–Trinajstić information content (AvgIpc) is 3.35. The number of nitriles is 5. The zero-order valence-electron chi connectivity index (χ0n) is 14.7. The molecule has 1 aliphatic carbocycles. The molecule has 1 saturated heterocycles. The molecule has 0 N–H and O–H groups in total. The van der Waals surface area contributed by atoms with Gasteiger partial charge in [0, 0.05) is 24.0 Å². The molecule has 0 unspecified atom stereocenters. The van der Waals surface area contributed by atoms with E-state index in [4.69, 9.17) is 16.3 Å². The molecule has 3 rings (SSSR count). The third kappa shape index (κ3) is 2.41. The van der Waals surface area contributed by atoms with Gasteiger partial charge < -0.3 is 9.64 Å². The fourth-order valence-corrected chi connectivity index (χ4v) is 4.28. The maximum atomic E-state index is 10.2. The first kappa shape index (κ1) is 19.2. The van der Waals surface area contributed by atoms with E-state index in [1.807, 2.05) is 24.3 Å². The topological polar surface area (TPSA) is 131 Å². The SMILES string of the molecule is N#CC(C#N)=C(N1CCOCC1)[C@]1(C#N)[C@H](c2ccccc2Cl)C1(C#N)C#N. The summed E-state index contributed by atoms with van der Waals surface area (Å²) >= 11 is 6.31. The van der Waals surface area contributed by atoms with Gasteiger partial charge in [-0.1, -0.05) is 29.8 Å². The number of ether oxygens (including phenoxy) is 1. The number of rotatable bonds is 3. The predicted octanol–water partition coefficient (Wildman–Crippen LogP) is 2.61. The van der Waals surface area contributed by atoms with E-state index in [0.29, 0.717) is 36.9 Å². The highest BCUT2D eigenvalue weighted by atomic mass is 35.5. The average molecular weight is 389 g/mol. The van der Waals surface area contributed by atoms with Crippen molar-refractivity contribution >= 4 is 11.6 Å². The minimum Gasteiger partial charge on any atom is -0.378 e. The van der Waals surface area contributed by atoms with Crippen LogP contribution >= 0.6 is 11.6 Å². The highest BCUT2D eigenvalue weighted by Gasteiger charge is 2.83. The van der Waals surface area contributed by atoms with E-state index >= 15 is 0 Å².